The summed E-state index contributed by atoms with van der Waals surface area (Å²) in [5, 5.41) is 9.83. The molecule has 0 atom stereocenters. The van der Waals surface area contributed by atoms with Gasteiger partial charge in [-0.3, -0.25) is 5.32 Å². The molecule has 0 bridgehead atoms. The van der Waals surface area contributed by atoms with Gasteiger partial charge in [0.1, 0.15) is 0 Å². The lowest BCUT2D eigenvalue weighted by molar-refractivity contribution is 0.187. The maximum atomic E-state index is 11.2. The number of hydrogen-bond acceptors (Lipinski definition) is 3. The second-order valence-electron chi connectivity index (χ2n) is 5.49. The summed E-state index contributed by atoms with van der Waals surface area (Å²) in [7, 11) is 1.33. The number of aliphatic imine (C=N–C) groups is 1. The number of ether oxygens (including phenoxy) is 1. The van der Waals surface area contributed by atoms with Crippen LogP contribution in [-0.4, -0.2) is 25.7 Å². The molecule has 26 heavy (non-hydrogen) atoms. The number of carbonyl (C=O) groups excluding carboxylic acids is 1. The van der Waals surface area contributed by atoms with Crippen LogP contribution in [0.4, 0.5) is 10.5 Å². The Morgan fingerprint density at radius 2 is 1.88 bits per heavy atom. The molecule has 0 saturated heterocycles. The minimum Gasteiger partial charge on any atom is -0.453 e. The van der Waals surface area contributed by atoms with E-state index in [0.29, 0.717) is 23.8 Å². The summed E-state index contributed by atoms with van der Waals surface area (Å²) >= 11 is 6.00. The van der Waals surface area contributed by atoms with Crippen LogP contribution in [0.25, 0.3) is 0 Å². The Bertz CT molecular complexity index is 747. The molecular weight excluding hydrogens is 352 g/mol. The third-order valence-corrected chi connectivity index (χ3v) is 3.73. The Morgan fingerprint density at radius 1 is 1.12 bits per heavy atom. The van der Waals surface area contributed by atoms with Gasteiger partial charge in [-0.25, -0.2) is 9.79 Å². The van der Waals surface area contributed by atoms with Crippen molar-refractivity contribution in [2.45, 2.75) is 20.0 Å². The molecule has 0 heterocycles. The first-order valence-corrected chi connectivity index (χ1v) is 8.69. The van der Waals surface area contributed by atoms with Gasteiger partial charge in [0, 0.05) is 23.8 Å². The van der Waals surface area contributed by atoms with Crippen LogP contribution < -0.4 is 16.0 Å². The molecule has 2 aromatic carbocycles. The van der Waals surface area contributed by atoms with E-state index in [9.17, 15) is 4.79 Å². The van der Waals surface area contributed by atoms with E-state index in [1.807, 2.05) is 55.5 Å². The number of halogens is 1. The zero-order chi connectivity index (χ0) is 18.8. The van der Waals surface area contributed by atoms with Gasteiger partial charge >= 0.3 is 6.09 Å². The zero-order valence-corrected chi connectivity index (χ0v) is 15.6. The Labute approximate surface area is 158 Å². The number of methoxy groups -OCH3 is 1. The summed E-state index contributed by atoms with van der Waals surface area (Å²) in [5.41, 5.74) is 2.80. The number of amides is 1. The summed E-state index contributed by atoms with van der Waals surface area (Å²) in [6, 6.07) is 15.2. The van der Waals surface area contributed by atoms with Crippen LogP contribution >= 0.6 is 11.6 Å². The van der Waals surface area contributed by atoms with Crippen LogP contribution in [0.15, 0.2) is 53.5 Å². The third-order valence-electron chi connectivity index (χ3n) is 3.50. The normalized spacial score (nSPS) is 11.0. The second-order valence-corrected chi connectivity index (χ2v) is 5.93. The number of nitrogens with zero attached hydrogens (tertiary/aromatic N) is 1. The third kappa shape index (κ3) is 6.64. The van der Waals surface area contributed by atoms with Crippen LogP contribution in [0, 0.1) is 0 Å². The number of anilines is 1. The number of nitrogens with one attached hydrogen (secondary N) is 3. The standard InChI is InChI=1S/C19H23ClN4O2/c1-3-21-18(23-13-15-5-4-6-16(20)11-15)22-12-14-7-9-17(10-8-14)24-19(25)26-2/h4-11H,3,12-13H2,1-2H3,(H,24,25)(H2,21,22,23). The molecule has 2 aromatic rings. The highest BCUT2D eigenvalue weighted by Gasteiger charge is 2.02. The van der Waals surface area contributed by atoms with Gasteiger partial charge in [0.2, 0.25) is 0 Å². The van der Waals surface area contributed by atoms with E-state index in [1.54, 1.807) is 0 Å². The summed E-state index contributed by atoms with van der Waals surface area (Å²) in [6.45, 7) is 3.94. The zero-order valence-electron chi connectivity index (χ0n) is 14.9. The minimum absolute atomic E-state index is 0.488. The topological polar surface area (TPSA) is 74.8 Å². The molecule has 0 aliphatic rings. The molecule has 0 fully saturated rings. The van der Waals surface area contributed by atoms with E-state index in [1.165, 1.54) is 7.11 Å². The average Bonchev–Trinajstić information content (AvgIpc) is 2.65. The van der Waals surface area contributed by atoms with Crippen LogP contribution in [-0.2, 0) is 17.8 Å². The summed E-state index contributed by atoms with van der Waals surface area (Å²) < 4.78 is 4.57. The van der Waals surface area contributed by atoms with Gasteiger partial charge in [-0.15, -0.1) is 0 Å². The van der Waals surface area contributed by atoms with Crippen molar-refractivity contribution in [3.05, 3.63) is 64.7 Å². The molecular formula is C19H23ClN4O2. The van der Waals surface area contributed by atoms with E-state index in [-0.39, 0.29) is 0 Å². The van der Waals surface area contributed by atoms with Gasteiger partial charge in [-0.2, -0.15) is 0 Å². The maximum absolute atomic E-state index is 11.2. The quantitative estimate of drug-likeness (QED) is 0.531. The molecule has 7 heteroatoms. The fourth-order valence-electron chi connectivity index (χ4n) is 2.21. The van der Waals surface area contributed by atoms with Crippen molar-refractivity contribution in [1.29, 1.82) is 0 Å². The first-order valence-electron chi connectivity index (χ1n) is 8.31. The van der Waals surface area contributed by atoms with Crippen LogP contribution in [0.1, 0.15) is 18.1 Å². The first-order chi connectivity index (χ1) is 12.6. The average molecular weight is 375 g/mol. The van der Waals surface area contributed by atoms with E-state index in [2.05, 4.69) is 25.7 Å². The molecule has 0 unspecified atom stereocenters. The van der Waals surface area contributed by atoms with Crippen molar-refractivity contribution in [3.63, 3.8) is 0 Å². The summed E-state index contributed by atoms with van der Waals surface area (Å²) in [6.07, 6.45) is -0.488. The van der Waals surface area contributed by atoms with E-state index in [0.717, 1.165) is 23.6 Å². The highest BCUT2D eigenvalue weighted by Crippen LogP contribution is 2.12. The molecule has 0 spiro atoms. The van der Waals surface area contributed by atoms with Crippen LogP contribution in [0.5, 0.6) is 0 Å². The summed E-state index contributed by atoms with van der Waals surface area (Å²) in [4.78, 5) is 15.8. The lowest BCUT2D eigenvalue weighted by Crippen LogP contribution is -2.36. The van der Waals surface area contributed by atoms with E-state index >= 15 is 0 Å². The molecule has 0 aliphatic carbocycles. The van der Waals surface area contributed by atoms with Crippen molar-refractivity contribution in [3.8, 4) is 0 Å². The highest BCUT2D eigenvalue weighted by molar-refractivity contribution is 6.30. The molecule has 2 rings (SSSR count). The van der Waals surface area contributed by atoms with Gasteiger partial charge in [-0.1, -0.05) is 35.9 Å². The lowest BCUT2D eigenvalue weighted by atomic mass is 10.2. The maximum Gasteiger partial charge on any atom is 0.411 e. The van der Waals surface area contributed by atoms with E-state index in [4.69, 9.17) is 11.6 Å². The largest absolute Gasteiger partial charge is 0.453 e. The predicted molar refractivity (Wildman–Crippen MR) is 106 cm³/mol. The number of hydrogen-bond donors (Lipinski definition) is 3. The summed E-state index contributed by atoms with van der Waals surface area (Å²) in [5.74, 6) is 0.726. The Morgan fingerprint density at radius 3 is 2.54 bits per heavy atom. The van der Waals surface area contributed by atoms with Gasteiger partial charge in [0.15, 0.2) is 5.96 Å². The van der Waals surface area contributed by atoms with Gasteiger partial charge < -0.3 is 15.4 Å². The molecule has 3 N–H and O–H groups in total. The number of benzene rings is 2. The van der Waals surface area contributed by atoms with Crippen molar-refractivity contribution in [1.82, 2.24) is 10.6 Å². The fraction of sp³-hybridized carbons (Fsp3) is 0.263. The van der Waals surface area contributed by atoms with Gasteiger partial charge in [-0.05, 0) is 42.3 Å². The minimum atomic E-state index is -0.488. The monoisotopic (exact) mass is 374 g/mol. The highest BCUT2D eigenvalue weighted by atomic mass is 35.5. The molecule has 0 aromatic heterocycles. The number of guanidine groups is 1. The van der Waals surface area contributed by atoms with Crippen molar-refractivity contribution >= 4 is 29.3 Å². The first kappa shape index (κ1) is 19.6. The lowest BCUT2D eigenvalue weighted by Gasteiger charge is -2.12. The van der Waals surface area contributed by atoms with Gasteiger partial charge in [0.05, 0.1) is 13.7 Å². The number of rotatable bonds is 6. The molecule has 0 aliphatic heterocycles. The Kier molecular flexibility index (Phi) is 7.76. The molecule has 0 saturated carbocycles. The SMILES string of the molecule is CCNC(=NCc1cccc(Cl)c1)NCc1ccc(NC(=O)OC)cc1. The Hall–Kier alpha value is -2.73. The van der Waals surface area contributed by atoms with Crippen molar-refractivity contribution in [2.24, 2.45) is 4.99 Å². The predicted octanol–water partition coefficient (Wildman–Crippen LogP) is 3.77. The fourth-order valence-corrected chi connectivity index (χ4v) is 2.42. The Balaban J connectivity index is 1.93. The molecule has 0 radical (unpaired) electrons. The number of carbonyl (C=O) groups is 1. The smallest absolute Gasteiger partial charge is 0.411 e. The van der Waals surface area contributed by atoms with Crippen molar-refractivity contribution < 1.29 is 9.53 Å². The van der Waals surface area contributed by atoms with Crippen LogP contribution in [0.2, 0.25) is 5.02 Å². The van der Waals surface area contributed by atoms with Crippen LogP contribution in [0.3, 0.4) is 0 Å². The molecule has 138 valence electrons. The molecule has 6 nitrogen and oxygen atoms in total. The molecule has 1 amide bonds. The van der Waals surface area contributed by atoms with Gasteiger partial charge in [0.25, 0.3) is 0 Å². The van der Waals surface area contributed by atoms with E-state index < -0.39 is 6.09 Å². The van der Waals surface area contributed by atoms with Crippen molar-refractivity contribution in [2.75, 3.05) is 19.0 Å². The second kappa shape index (κ2) is 10.3.